The van der Waals surface area contributed by atoms with E-state index in [0.29, 0.717) is 90.2 Å². The van der Waals surface area contributed by atoms with Gasteiger partial charge in [-0.3, -0.25) is 39.0 Å². The fraction of sp³-hybridized carbons (Fsp3) is 0.444. The number of nitrogens with zero attached hydrogens (tertiary/aromatic N) is 4. The van der Waals surface area contributed by atoms with Gasteiger partial charge in [0.15, 0.2) is 5.72 Å². The number of hydrogen-bond donors (Lipinski definition) is 3. The van der Waals surface area contributed by atoms with Crippen molar-refractivity contribution >= 4 is 84.7 Å². The number of fused-ring (bicyclic) bond motifs is 14. The van der Waals surface area contributed by atoms with E-state index >= 15 is 0 Å². The average Bonchev–Trinajstić information content (AvgIpc) is 4.17. The van der Waals surface area contributed by atoms with Crippen LogP contribution < -0.4 is 16.0 Å². The molecule has 11 rings (SSSR count). The Morgan fingerprint density at radius 2 is 1.42 bits per heavy atom. The molecule has 2 aromatic heterocycles. The van der Waals surface area contributed by atoms with Gasteiger partial charge in [0.2, 0.25) is 17.7 Å². The molecule has 2 saturated heterocycles. The molecule has 5 atom stereocenters. The van der Waals surface area contributed by atoms with Crippen molar-refractivity contribution in [3.63, 3.8) is 0 Å². The molecular formula is C54H59N7O13. The minimum atomic E-state index is -1.05. The molecule has 2 bridgehead atoms. The largest absolute Gasteiger partial charge is 0.383 e. The van der Waals surface area contributed by atoms with Crippen LogP contribution in [0.4, 0.5) is 5.69 Å². The number of aromatic nitrogens is 2. The molecule has 0 saturated carbocycles. The molecule has 2 fully saturated rings. The average molecular weight is 1010 g/mol. The van der Waals surface area contributed by atoms with Crippen molar-refractivity contribution in [1.29, 1.82) is 0 Å². The van der Waals surface area contributed by atoms with E-state index in [2.05, 4.69) is 56.3 Å². The summed E-state index contributed by atoms with van der Waals surface area (Å²) in [5, 5.41) is 12.5. The summed E-state index contributed by atoms with van der Waals surface area (Å²) in [6.45, 7) is 6.50. The number of anilines is 1. The van der Waals surface area contributed by atoms with Crippen molar-refractivity contribution in [1.82, 2.24) is 29.6 Å². The summed E-state index contributed by atoms with van der Waals surface area (Å²) < 4.78 is 46.6. The molecule has 6 amide bonds. The molecule has 1 unspecified atom stereocenters. The molecule has 0 aliphatic carbocycles. The van der Waals surface area contributed by atoms with Gasteiger partial charge in [-0.25, -0.2) is 0 Å². The number of imide groups is 2. The number of benzene rings is 4. The summed E-state index contributed by atoms with van der Waals surface area (Å²) in [5.74, 6) is -2.33. The predicted molar refractivity (Wildman–Crippen MR) is 270 cm³/mol. The number of carbonyl (C=O) groups is 6. The molecule has 5 aliphatic heterocycles. The van der Waals surface area contributed by atoms with Gasteiger partial charge in [-0.05, 0) is 49.2 Å². The molecule has 5 aliphatic rings. The van der Waals surface area contributed by atoms with Gasteiger partial charge in [0.05, 0.1) is 117 Å². The van der Waals surface area contributed by atoms with Crippen LogP contribution in [-0.2, 0) is 59.8 Å². The van der Waals surface area contributed by atoms with Crippen LogP contribution in [0.25, 0.3) is 43.6 Å². The molecular weight excluding hydrogens is 955 g/mol. The Balaban J connectivity index is 0.591. The number of piperidine rings is 1. The molecule has 0 radical (unpaired) electrons. The van der Waals surface area contributed by atoms with E-state index in [-0.39, 0.29) is 54.9 Å². The number of para-hydroxylation sites is 2. The number of ether oxygens (including phenoxy) is 7. The summed E-state index contributed by atoms with van der Waals surface area (Å²) in [7, 11) is 3.51. The van der Waals surface area contributed by atoms with E-state index in [1.807, 2.05) is 31.3 Å². The van der Waals surface area contributed by atoms with Gasteiger partial charge in [0.1, 0.15) is 18.4 Å². The van der Waals surface area contributed by atoms with Gasteiger partial charge in [-0.1, -0.05) is 36.4 Å². The molecule has 20 nitrogen and oxygen atoms in total. The van der Waals surface area contributed by atoms with Gasteiger partial charge in [-0.2, -0.15) is 0 Å². The van der Waals surface area contributed by atoms with Gasteiger partial charge >= 0.3 is 0 Å². The third-order valence-electron chi connectivity index (χ3n) is 15.1. The second kappa shape index (κ2) is 20.5. The van der Waals surface area contributed by atoms with Crippen molar-refractivity contribution in [2.24, 2.45) is 0 Å². The fourth-order valence-electron chi connectivity index (χ4n) is 11.7. The van der Waals surface area contributed by atoms with Gasteiger partial charge in [0.25, 0.3) is 17.7 Å². The number of amides is 6. The highest BCUT2D eigenvalue weighted by Crippen LogP contribution is 2.54. The van der Waals surface area contributed by atoms with E-state index in [1.165, 1.54) is 0 Å². The Morgan fingerprint density at radius 3 is 2.11 bits per heavy atom. The number of rotatable bonds is 22. The van der Waals surface area contributed by atoms with E-state index in [1.54, 1.807) is 30.2 Å². The van der Waals surface area contributed by atoms with Crippen LogP contribution in [0.3, 0.4) is 0 Å². The standard InChI is InChI=1S/C54H59N7O13/c1-54-49(68-3)40(29-43(74-54)59-37-10-6-4-8-33(37)45-46-36(30-56-51(46)65)44-34-9-5-7-11-38(34)61(54)48(44)47(45)59)58(2)42(63)16-18-69-20-22-71-24-26-73-27-25-72-23-21-70-19-17-55-31-12-13-32-35(28-31)53(67)60(52(32)66)39-14-15-41(62)57-50(39)64/h4-13,28,39-40,43,49,55H,14-27,29-30H2,1-3H3,(H,56,65)(H,57,62,64)/t39?,40-,43-,49-,54+/m1/s1. The number of nitrogens with one attached hydrogen (secondary N) is 3. The first-order chi connectivity index (χ1) is 36.0. The Bertz CT molecular complexity index is 3240. The smallest absolute Gasteiger partial charge is 0.262 e. The highest BCUT2D eigenvalue weighted by atomic mass is 16.6. The lowest BCUT2D eigenvalue weighted by molar-refractivity contribution is -0.266. The zero-order valence-corrected chi connectivity index (χ0v) is 41.6. The quantitative estimate of drug-likeness (QED) is 0.0627. The molecule has 0 spiro atoms. The first kappa shape index (κ1) is 49.4. The number of carbonyl (C=O) groups excluding carboxylic acids is 6. The Kier molecular flexibility index (Phi) is 13.7. The van der Waals surface area contributed by atoms with E-state index in [4.69, 9.17) is 33.2 Å². The van der Waals surface area contributed by atoms with Crippen LogP contribution in [-0.4, -0.2) is 159 Å². The third kappa shape index (κ3) is 8.47. The second-order valence-corrected chi connectivity index (χ2v) is 19.3. The van der Waals surface area contributed by atoms with Gasteiger partial charge in [0, 0.05) is 67.3 Å². The minimum Gasteiger partial charge on any atom is -0.383 e. The fourth-order valence-corrected chi connectivity index (χ4v) is 11.7. The Labute approximate surface area is 425 Å². The van der Waals surface area contributed by atoms with Crippen molar-refractivity contribution < 1.29 is 61.9 Å². The zero-order chi connectivity index (χ0) is 51.3. The Morgan fingerprint density at radius 1 is 0.784 bits per heavy atom. The van der Waals surface area contributed by atoms with Crippen molar-refractivity contribution in [3.8, 4) is 0 Å². The summed E-state index contributed by atoms with van der Waals surface area (Å²) in [6, 6.07) is 19.9. The molecule has 6 aromatic rings. The molecule has 3 N–H and O–H groups in total. The summed E-state index contributed by atoms with van der Waals surface area (Å²) in [5.41, 5.74) is 5.58. The molecule has 388 valence electrons. The third-order valence-corrected chi connectivity index (χ3v) is 15.1. The highest BCUT2D eigenvalue weighted by molar-refractivity contribution is 6.31. The molecule has 7 heterocycles. The zero-order valence-electron chi connectivity index (χ0n) is 41.6. The first-order valence-corrected chi connectivity index (χ1v) is 25.3. The molecule has 20 heteroatoms. The predicted octanol–water partition coefficient (Wildman–Crippen LogP) is 4.58. The maximum Gasteiger partial charge on any atom is 0.262 e. The maximum absolute atomic E-state index is 14.0. The lowest BCUT2D eigenvalue weighted by Crippen LogP contribution is -2.61. The SMILES string of the molecule is CO[C@@H]1[C@H](N(C)C(=O)CCOCCOCCOCCOCCOCCNc2ccc3c(c2)C(=O)N(C2CCC(=O)NC2=O)C3=O)C[C@H]2O[C@]1(C)n1c3ccccc3c3c4c(c5c6ccccc6n2c5c31)C(=O)NC4. The number of hydrogen-bond acceptors (Lipinski definition) is 14. The lowest BCUT2D eigenvalue weighted by atomic mass is 9.91. The van der Waals surface area contributed by atoms with Crippen LogP contribution in [0.2, 0.25) is 0 Å². The van der Waals surface area contributed by atoms with Crippen LogP contribution in [0.5, 0.6) is 0 Å². The van der Waals surface area contributed by atoms with Crippen LogP contribution in [0, 0.1) is 0 Å². The summed E-state index contributed by atoms with van der Waals surface area (Å²) in [4.78, 5) is 80.3. The monoisotopic (exact) mass is 1010 g/mol. The van der Waals surface area contributed by atoms with Crippen molar-refractivity contribution in [2.45, 2.75) is 69.3 Å². The topological polar surface area (TPSA) is 219 Å². The van der Waals surface area contributed by atoms with Gasteiger partial charge < -0.3 is 57.8 Å². The normalized spacial score (nSPS) is 22.0. The minimum absolute atomic E-state index is 0.0614. The van der Waals surface area contributed by atoms with E-state index < -0.39 is 47.7 Å². The summed E-state index contributed by atoms with van der Waals surface area (Å²) >= 11 is 0. The number of likely N-dealkylation sites (N-methyl/N-ethyl adjacent to an activating group) is 1. The second-order valence-electron chi connectivity index (χ2n) is 19.3. The lowest BCUT2D eigenvalue weighted by Gasteiger charge is -2.50. The number of methoxy groups -OCH3 is 1. The van der Waals surface area contributed by atoms with Crippen LogP contribution >= 0.6 is 0 Å². The van der Waals surface area contributed by atoms with Gasteiger partial charge in [-0.15, -0.1) is 0 Å². The highest BCUT2D eigenvalue weighted by Gasteiger charge is 2.55. The van der Waals surface area contributed by atoms with E-state index in [0.717, 1.165) is 54.1 Å². The van der Waals surface area contributed by atoms with Crippen molar-refractivity contribution in [2.75, 3.05) is 92.1 Å². The Hall–Kier alpha value is -6.78. The maximum atomic E-state index is 14.0. The first-order valence-electron chi connectivity index (χ1n) is 25.3. The van der Waals surface area contributed by atoms with Crippen LogP contribution in [0.15, 0.2) is 66.7 Å². The molecule has 74 heavy (non-hydrogen) atoms. The van der Waals surface area contributed by atoms with Crippen molar-refractivity contribution in [3.05, 3.63) is 89.0 Å². The van der Waals surface area contributed by atoms with Crippen LogP contribution in [0.1, 0.15) is 75.5 Å². The van der Waals surface area contributed by atoms with E-state index in [9.17, 15) is 28.8 Å². The molecule has 4 aromatic carbocycles. The summed E-state index contributed by atoms with van der Waals surface area (Å²) in [6.07, 6.45) is -0.238.